The molecule has 1 aromatic rings. The number of esters is 1. The molecule has 0 saturated carbocycles. The summed E-state index contributed by atoms with van der Waals surface area (Å²) in [5, 5.41) is 10.4. The van der Waals surface area contributed by atoms with Crippen LogP contribution in [0.15, 0.2) is 36.8 Å². The van der Waals surface area contributed by atoms with Crippen molar-refractivity contribution in [1.29, 1.82) is 0 Å². The first-order chi connectivity index (χ1) is 8.04. The molecule has 0 amide bonds. The summed E-state index contributed by atoms with van der Waals surface area (Å²) in [5.74, 6) is -0.769. The van der Waals surface area contributed by atoms with Gasteiger partial charge < -0.3 is 9.47 Å². The van der Waals surface area contributed by atoms with E-state index in [1.165, 1.54) is 24.3 Å². The van der Waals surface area contributed by atoms with Gasteiger partial charge in [-0.05, 0) is 25.6 Å². The first-order valence-corrected chi connectivity index (χ1v) is 4.83. The fourth-order valence-corrected chi connectivity index (χ4v) is 1.07. The predicted molar refractivity (Wildman–Crippen MR) is 59.3 cm³/mol. The van der Waals surface area contributed by atoms with Gasteiger partial charge >= 0.3 is 5.97 Å². The maximum absolute atomic E-state index is 11.5. The maximum Gasteiger partial charge on any atom is 0.345 e. The van der Waals surface area contributed by atoms with Gasteiger partial charge in [-0.25, -0.2) is 4.79 Å². The Balaban J connectivity index is 2.70. The Hall–Kier alpha value is -2.37. The molecule has 0 aliphatic rings. The van der Waals surface area contributed by atoms with Gasteiger partial charge in [-0.15, -0.1) is 0 Å². The zero-order chi connectivity index (χ0) is 12.8. The van der Waals surface area contributed by atoms with Crippen molar-refractivity contribution in [1.82, 2.24) is 0 Å². The van der Waals surface area contributed by atoms with Crippen molar-refractivity contribution in [2.45, 2.75) is 6.92 Å². The Morgan fingerprint density at radius 1 is 1.41 bits per heavy atom. The van der Waals surface area contributed by atoms with Crippen LogP contribution in [-0.4, -0.2) is 17.5 Å². The van der Waals surface area contributed by atoms with E-state index in [-0.39, 0.29) is 17.2 Å². The normalized spacial score (nSPS) is 9.47. The van der Waals surface area contributed by atoms with Crippen LogP contribution in [0, 0.1) is 10.1 Å². The first-order valence-electron chi connectivity index (χ1n) is 4.83. The maximum atomic E-state index is 11.5. The van der Waals surface area contributed by atoms with Crippen molar-refractivity contribution in [3.8, 4) is 0 Å². The van der Waals surface area contributed by atoms with Gasteiger partial charge in [0.15, 0.2) is 0 Å². The molecule has 0 bridgehead atoms. The number of ether oxygens (including phenoxy) is 2. The van der Waals surface area contributed by atoms with Crippen LogP contribution in [0.1, 0.15) is 17.3 Å². The molecule has 0 heterocycles. The van der Waals surface area contributed by atoms with Crippen LogP contribution in [0.3, 0.4) is 0 Å². The largest absolute Gasteiger partial charge is 0.466 e. The molecule has 0 N–H and O–H groups in total. The van der Waals surface area contributed by atoms with Crippen LogP contribution in [0.2, 0.25) is 0 Å². The quantitative estimate of drug-likeness (QED) is 0.339. The van der Waals surface area contributed by atoms with Crippen LogP contribution >= 0.6 is 0 Å². The van der Waals surface area contributed by atoms with Crippen molar-refractivity contribution >= 4 is 11.7 Å². The lowest BCUT2D eigenvalue weighted by molar-refractivity contribution is -0.384. The van der Waals surface area contributed by atoms with Gasteiger partial charge in [0, 0.05) is 12.1 Å². The van der Waals surface area contributed by atoms with Crippen LogP contribution in [0.25, 0.3) is 0 Å². The van der Waals surface area contributed by atoms with Crippen molar-refractivity contribution < 1.29 is 19.2 Å². The van der Waals surface area contributed by atoms with Gasteiger partial charge in [0.2, 0.25) is 0 Å². The topological polar surface area (TPSA) is 78.7 Å². The molecule has 0 aliphatic heterocycles. The van der Waals surface area contributed by atoms with Crippen molar-refractivity contribution in [2.75, 3.05) is 6.61 Å². The Bertz CT molecular complexity index is 438. The van der Waals surface area contributed by atoms with Crippen molar-refractivity contribution in [3.63, 3.8) is 0 Å². The minimum atomic E-state index is -0.668. The number of rotatable bonds is 5. The van der Waals surface area contributed by atoms with E-state index in [9.17, 15) is 14.9 Å². The fourth-order valence-electron chi connectivity index (χ4n) is 1.07. The molecule has 0 unspecified atom stereocenters. The summed E-state index contributed by atoms with van der Waals surface area (Å²) in [7, 11) is 0. The molecular formula is C11H11NO5. The van der Waals surface area contributed by atoms with Crippen molar-refractivity contribution in [2.24, 2.45) is 0 Å². The van der Waals surface area contributed by atoms with E-state index in [1.54, 1.807) is 6.92 Å². The molecular weight excluding hydrogens is 226 g/mol. The third kappa shape index (κ3) is 3.60. The molecule has 0 radical (unpaired) electrons. The Morgan fingerprint density at radius 2 is 2.00 bits per heavy atom. The summed E-state index contributed by atoms with van der Waals surface area (Å²) in [6, 6.07) is 5.06. The lowest BCUT2D eigenvalue weighted by atomic mass is 10.2. The zero-order valence-corrected chi connectivity index (χ0v) is 9.21. The molecule has 6 nitrogen and oxygen atoms in total. The number of nitro benzene ring substituents is 1. The highest BCUT2D eigenvalue weighted by molar-refractivity contribution is 5.90. The molecule has 0 fully saturated rings. The van der Waals surface area contributed by atoms with Gasteiger partial charge in [0.1, 0.15) is 0 Å². The second-order valence-electron chi connectivity index (χ2n) is 3.00. The van der Waals surface area contributed by atoms with Crippen LogP contribution in [-0.2, 0) is 9.47 Å². The highest BCUT2D eigenvalue weighted by atomic mass is 16.7. The minimum absolute atomic E-state index is 0.0924. The molecule has 0 saturated heterocycles. The van der Waals surface area contributed by atoms with E-state index in [4.69, 9.17) is 9.47 Å². The highest BCUT2D eigenvalue weighted by Gasteiger charge is 2.12. The summed E-state index contributed by atoms with van der Waals surface area (Å²) >= 11 is 0. The second-order valence-corrected chi connectivity index (χ2v) is 3.00. The lowest BCUT2D eigenvalue weighted by Gasteiger charge is -2.06. The Kier molecular flexibility index (Phi) is 4.21. The number of nitrogens with zero attached hydrogens (tertiary/aromatic N) is 1. The zero-order valence-electron chi connectivity index (χ0n) is 9.21. The molecule has 0 aliphatic carbocycles. The summed E-state index contributed by atoms with van der Waals surface area (Å²) in [6.45, 7) is 5.45. The van der Waals surface area contributed by atoms with E-state index in [2.05, 4.69) is 6.58 Å². The smallest absolute Gasteiger partial charge is 0.345 e. The molecule has 0 spiro atoms. The number of hydrogen-bond acceptors (Lipinski definition) is 5. The third-order valence-electron chi connectivity index (χ3n) is 1.83. The number of carbonyl (C=O) groups excluding carboxylic acids is 1. The predicted octanol–water partition coefficient (Wildman–Crippen LogP) is 2.26. The van der Waals surface area contributed by atoms with Gasteiger partial charge in [-0.1, -0.05) is 0 Å². The number of carbonyl (C=O) groups is 1. The van der Waals surface area contributed by atoms with Gasteiger partial charge in [0.25, 0.3) is 11.6 Å². The summed E-state index contributed by atoms with van der Waals surface area (Å²) < 4.78 is 9.60. The van der Waals surface area contributed by atoms with Crippen LogP contribution < -0.4 is 0 Å². The monoisotopic (exact) mass is 237 g/mol. The molecule has 0 aromatic heterocycles. The van der Waals surface area contributed by atoms with Gasteiger partial charge in [-0.2, -0.15) is 0 Å². The number of benzene rings is 1. The highest BCUT2D eigenvalue weighted by Crippen LogP contribution is 2.13. The molecule has 0 atom stereocenters. The number of non-ortho nitro benzene ring substituents is 1. The fraction of sp³-hybridized carbons (Fsp3) is 0.182. The number of hydrogen-bond donors (Lipinski definition) is 0. The van der Waals surface area contributed by atoms with E-state index < -0.39 is 10.9 Å². The van der Waals surface area contributed by atoms with E-state index in [1.807, 2.05) is 0 Å². The standard InChI is InChI=1S/C11H11NO5/c1-3-16-8(2)17-11(13)9-4-6-10(7-5-9)12(14)15/h4-7H,2-3H2,1H3. The van der Waals surface area contributed by atoms with Crippen LogP contribution in [0.4, 0.5) is 5.69 Å². The lowest BCUT2D eigenvalue weighted by Crippen LogP contribution is -2.06. The molecule has 90 valence electrons. The Morgan fingerprint density at radius 3 is 2.47 bits per heavy atom. The average molecular weight is 237 g/mol. The second kappa shape index (κ2) is 5.64. The van der Waals surface area contributed by atoms with Crippen molar-refractivity contribution in [3.05, 3.63) is 52.5 Å². The summed E-state index contributed by atoms with van der Waals surface area (Å²) in [4.78, 5) is 21.3. The van der Waals surface area contributed by atoms with E-state index in [0.29, 0.717) is 6.61 Å². The summed E-state index contributed by atoms with van der Waals surface area (Å²) in [5.41, 5.74) is 0.0987. The molecule has 1 rings (SSSR count). The first kappa shape index (κ1) is 12.7. The third-order valence-corrected chi connectivity index (χ3v) is 1.83. The average Bonchev–Trinajstić information content (AvgIpc) is 2.29. The number of nitro groups is 1. The van der Waals surface area contributed by atoms with E-state index >= 15 is 0 Å². The summed E-state index contributed by atoms with van der Waals surface area (Å²) in [6.07, 6.45) is 0. The molecule has 1 aromatic carbocycles. The van der Waals surface area contributed by atoms with Gasteiger partial charge in [-0.3, -0.25) is 10.1 Å². The Labute approximate surface area is 97.6 Å². The van der Waals surface area contributed by atoms with E-state index in [0.717, 1.165) is 0 Å². The molecule has 6 heteroatoms. The SMILES string of the molecule is C=C(OCC)OC(=O)c1ccc([N+](=O)[O-])cc1. The minimum Gasteiger partial charge on any atom is -0.466 e. The van der Waals surface area contributed by atoms with Gasteiger partial charge in [0.05, 0.1) is 17.1 Å². The van der Waals surface area contributed by atoms with Crippen LogP contribution in [0.5, 0.6) is 0 Å². The molecule has 17 heavy (non-hydrogen) atoms.